The summed E-state index contributed by atoms with van der Waals surface area (Å²) in [5, 5.41) is 12.3. The van der Waals surface area contributed by atoms with Gasteiger partial charge in [-0.1, -0.05) is 11.6 Å². The van der Waals surface area contributed by atoms with Crippen LogP contribution in [0.15, 0.2) is 30.3 Å². The molecule has 0 bridgehead atoms. The number of halogens is 1. The monoisotopic (exact) mass is 403 g/mol. The van der Waals surface area contributed by atoms with Crippen molar-refractivity contribution in [3.63, 3.8) is 0 Å². The molecule has 0 radical (unpaired) electrons. The minimum Gasteiger partial charge on any atom is -0.478 e. The summed E-state index contributed by atoms with van der Waals surface area (Å²) in [6, 6.07) is 8.10. The van der Waals surface area contributed by atoms with E-state index < -0.39 is 11.9 Å². The maximum absolute atomic E-state index is 12.7. The highest BCUT2D eigenvalue weighted by molar-refractivity contribution is 6.31. The van der Waals surface area contributed by atoms with Crippen LogP contribution in [0.3, 0.4) is 0 Å². The molecule has 1 aliphatic rings. The summed E-state index contributed by atoms with van der Waals surface area (Å²) >= 11 is 6.24. The standard InChI is InChI=1S/C20H22ClN3O4/c1-12-9-15(3-4-16(12)20(26)27)22-19(25)17-10-14(21)11-18(23-17)24-6-8-28-7-5-13(24)2/h3-4,9-11,13H,5-8H2,1-2H3,(H,22,25)(H,26,27). The molecule has 1 aliphatic heterocycles. The average Bonchev–Trinajstić information content (AvgIpc) is 2.85. The third kappa shape index (κ3) is 4.61. The van der Waals surface area contributed by atoms with Crippen molar-refractivity contribution in [2.75, 3.05) is 30.0 Å². The third-order valence-corrected chi connectivity index (χ3v) is 4.92. The fourth-order valence-electron chi connectivity index (χ4n) is 3.16. The molecule has 1 saturated heterocycles. The number of anilines is 2. The van der Waals surface area contributed by atoms with Gasteiger partial charge in [0, 0.05) is 29.9 Å². The number of hydrogen-bond donors (Lipinski definition) is 2. The topological polar surface area (TPSA) is 91.8 Å². The molecule has 0 aliphatic carbocycles. The van der Waals surface area contributed by atoms with Crippen LogP contribution in [0.2, 0.25) is 5.02 Å². The molecule has 2 heterocycles. The quantitative estimate of drug-likeness (QED) is 0.810. The largest absolute Gasteiger partial charge is 0.478 e. The number of amides is 1. The van der Waals surface area contributed by atoms with Crippen molar-refractivity contribution in [3.05, 3.63) is 52.2 Å². The molecular weight excluding hydrogens is 382 g/mol. The van der Waals surface area contributed by atoms with Crippen LogP contribution in [-0.4, -0.2) is 47.8 Å². The number of ether oxygens (including phenoxy) is 1. The molecule has 0 saturated carbocycles. The predicted octanol–water partition coefficient (Wildman–Crippen LogP) is 3.61. The molecule has 1 unspecified atom stereocenters. The zero-order valence-electron chi connectivity index (χ0n) is 15.7. The van der Waals surface area contributed by atoms with Crippen LogP contribution < -0.4 is 10.2 Å². The Labute approximate surface area is 168 Å². The predicted molar refractivity (Wildman–Crippen MR) is 108 cm³/mol. The van der Waals surface area contributed by atoms with Crippen LogP contribution in [0.25, 0.3) is 0 Å². The SMILES string of the molecule is Cc1cc(NC(=O)c2cc(Cl)cc(N3CCOCCC3C)n2)ccc1C(=O)O. The van der Waals surface area contributed by atoms with Gasteiger partial charge in [-0.2, -0.15) is 0 Å². The Morgan fingerprint density at radius 2 is 2.07 bits per heavy atom. The fraction of sp³-hybridized carbons (Fsp3) is 0.350. The summed E-state index contributed by atoms with van der Waals surface area (Å²) in [5.74, 6) is -0.787. The van der Waals surface area contributed by atoms with E-state index in [1.165, 1.54) is 12.1 Å². The van der Waals surface area contributed by atoms with Gasteiger partial charge in [-0.3, -0.25) is 4.79 Å². The van der Waals surface area contributed by atoms with Gasteiger partial charge >= 0.3 is 5.97 Å². The highest BCUT2D eigenvalue weighted by Gasteiger charge is 2.21. The number of rotatable bonds is 4. The van der Waals surface area contributed by atoms with Crippen LogP contribution in [0.1, 0.15) is 39.8 Å². The molecule has 1 atom stereocenters. The second kappa shape index (κ2) is 8.58. The lowest BCUT2D eigenvalue weighted by Crippen LogP contribution is -2.35. The Bertz CT molecular complexity index is 903. The van der Waals surface area contributed by atoms with E-state index in [1.54, 1.807) is 25.1 Å². The van der Waals surface area contributed by atoms with E-state index in [0.29, 0.717) is 41.8 Å². The van der Waals surface area contributed by atoms with Crippen molar-refractivity contribution in [3.8, 4) is 0 Å². The number of carbonyl (C=O) groups is 2. The van der Waals surface area contributed by atoms with Crippen LogP contribution in [-0.2, 0) is 4.74 Å². The minimum atomic E-state index is -1.01. The molecule has 28 heavy (non-hydrogen) atoms. The van der Waals surface area contributed by atoms with Gasteiger partial charge in [-0.05, 0) is 56.2 Å². The average molecular weight is 404 g/mol. The number of carboxylic acids is 1. The number of carbonyl (C=O) groups excluding carboxylic acids is 1. The molecule has 8 heteroatoms. The zero-order valence-corrected chi connectivity index (χ0v) is 16.5. The van der Waals surface area contributed by atoms with E-state index in [1.807, 2.05) is 0 Å². The first-order valence-corrected chi connectivity index (χ1v) is 9.40. The molecule has 0 spiro atoms. The van der Waals surface area contributed by atoms with Crippen molar-refractivity contribution in [2.45, 2.75) is 26.3 Å². The van der Waals surface area contributed by atoms with Crippen LogP contribution in [0.4, 0.5) is 11.5 Å². The second-order valence-corrected chi connectivity index (χ2v) is 7.20. The van der Waals surface area contributed by atoms with Crippen molar-refractivity contribution < 1.29 is 19.4 Å². The maximum atomic E-state index is 12.7. The molecular formula is C20H22ClN3O4. The first-order chi connectivity index (χ1) is 13.3. The number of aromatic nitrogens is 1. The summed E-state index contributed by atoms with van der Waals surface area (Å²) in [6.45, 7) is 5.72. The van der Waals surface area contributed by atoms with Crippen LogP contribution in [0.5, 0.6) is 0 Å². The first kappa shape index (κ1) is 20.1. The number of nitrogens with zero attached hydrogens (tertiary/aromatic N) is 2. The van der Waals surface area contributed by atoms with Gasteiger partial charge < -0.3 is 20.1 Å². The van der Waals surface area contributed by atoms with Crippen LogP contribution in [0, 0.1) is 6.92 Å². The van der Waals surface area contributed by atoms with Gasteiger partial charge in [-0.25, -0.2) is 9.78 Å². The van der Waals surface area contributed by atoms with E-state index in [4.69, 9.17) is 21.4 Å². The molecule has 1 aromatic heterocycles. The molecule has 1 amide bonds. The normalized spacial score (nSPS) is 17.1. The van der Waals surface area contributed by atoms with Gasteiger partial charge in [-0.15, -0.1) is 0 Å². The first-order valence-electron chi connectivity index (χ1n) is 9.02. The van der Waals surface area contributed by atoms with Gasteiger partial charge in [0.25, 0.3) is 5.91 Å². The Hall–Kier alpha value is -2.64. The Morgan fingerprint density at radius 3 is 2.79 bits per heavy atom. The molecule has 3 rings (SSSR count). The third-order valence-electron chi connectivity index (χ3n) is 4.71. The van der Waals surface area contributed by atoms with Crippen molar-refractivity contribution in [2.24, 2.45) is 0 Å². The van der Waals surface area contributed by atoms with Crippen molar-refractivity contribution in [1.82, 2.24) is 4.98 Å². The number of pyridine rings is 1. The van der Waals surface area contributed by atoms with E-state index in [-0.39, 0.29) is 17.3 Å². The lowest BCUT2D eigenvalue weighted by Gasteiger charge is -2.28. The molecule has 2 N–H and O–H groups in total. The minimum absolute atomic E-state index is 0.193. The van der Waals surface area contributed by atoms with E-state index >= 15 is 0 Å². The number of aryl methyl sites for hydroxylation is 1. The van der Waals surface area contributed by atoms with Crippen molar-refractivity contribution in [1.29, 1.82) is 0 Å². The van der Waals surface area contributed by atoms with E-state index in [2.05, 4.69) is 22.1 Å². The second-order valence-electron chi connectivity index (χ2n) is 6.76. The molecule has 1 fully saturated rings. The van der Waals surface area contributed by atoms with Crippen LogP contribution >= 0.6 is 11.6 Å². The summed E-state index contributed by atoms with van der Waals surface area (Å²) in [7, 11) is 0. The van der Waals surface area contributed by atoms with E-state index in [9.17, 15) is 9.59 Å². The summed E-state index contributed by atoms with van der Waals surface area (Å²) < 4.78 is 5.52. The summed E-state index contributed by atoms with van der Waals surface area (Å²) in [4.78, 5) is 30.4. The number of aromatic carboxylic acids is 1. The number of hydrogen-bond acceptors (Lipinski definition) is 5. The maximum Gasteiger partial charge on any atom is 0.335 e. The van der Waals surface area contributed by atoms with Gasteiger partial charge in [0.2, 0.25) is 0 Å². The molecule has 2 aromatic rings. The number of carboxylic acid groups (broad SMARTS) is 1. The van der Waals surface area contributed by atoms with E-state index in [0.717, 1.165) is 6.42 Å². The van der Waals surface area contributed by atoms with Crippen molar-refractivity contribution >= 4 is 35.0 Å². The smallest absolute Gasteiger partial charge is 0.335 e. The van der Waals surface area contributed by atoms with Gasteiger partial charge in [0.1, 0.15) is 11.5 Å². The Balaban J connectivity index is 1.83. The fourth-order valence-corrected chi connectivity index (χ4v) is 3.36. The molecule has 148 valence electrons. The van der Waals surface area contributed by atoms with Gasteiger partial charge in [0.15, 0.2) is 0 Å². The lowest BCUT2D eigenvalue weighted by atomic mass is 10.1. The highest BCUT2D eigenvalue weighted by Crippen LogP contribution is 2.24. The summed E-state index contributed by atoms with van der Waals surface area (Å²) in [5.41, 5.74) is 1.44. The summed E-state index contributed by atoms with van der Waals surface area (Å²) in [6.07, 6.45) is 0.866. The number of benzene rings is 1. The molecule has 7 nitrogen and oxygen atoms in total. The molecule has 1 aromatic carbocycles. The zero-order chi connectivity index (χ0) is 20.3. The highest BCUT2D eigenvalue weighted by atomic mass is 35.5. The lowest BCUT2D eigenvalue weighted by molar-refractivity contribution is 0.0696. The Kier molecular flexibility index (Phi) is 6.16. The number of nitrogens with one attached hydrogen (secondary N) is 1. The van der Waals surface area contributed by atoms with Gasteiger partial charge in [0.05, 0.1) is 12.2 Å². The Morgan fingerprint density at radius 1 is 1.29 bits per heavy atom.